The lowest BCUT2D eigenvalue weighted by Crippen LogP contribution is -2.72. The van der Waals surface area contributed by atoms with Crippen molar-refractivity contribution < 1.29 is 4.79 Å². The van der Waals surface area contributed by atoms with E-state index in [1.54, 1.807) is 0 Å². The Hall–Kier alpha value is -1.26. The molecule has 0 spiro atoms. The van der Waals surface area contributed by atoms with Gasteiger partial charge in [-0.3, -0.25) is 9.79 Å². The van der Waals surface area contributed by atoms with Crippen LogP contribution in [0.4, 0.5) is 0 Å². The maximum atomic E-state index is 12.1. The summed E-state index contributed by atoms with van der Waals surface area (Å²) in [5.74, 6) is 1.20. The maximum Gasteiger partial charge on any atom is 0.224 e. The zero-order chi connectivity index (χ0) is 16.4. The first-order valence-corrected chi connectivity index (χ1v) is 8.63. The summed E-state index contributed by atoms with van der Waals surface area (Å²) >= 11 is 0. The molecule has 22 heavy (non-hydrogen) atoms. The standard InChI is InChI=1S/C17H32N4O/c1-6-18-15(21-13-16(2,3)17(21,4)5)19-10-9-14(22)20-11-7-8-12-20/h6-13H2,1-5H3,(H,18,19). The van der Waals surface area contributed by atoms with Gasteiger partial charge in [-0.25, -0.2) is 0 Å². The van der Waals surface area contributed by atoms with Crippen LogP contribution in [0.25, 0.3) is 0 Å². The molecule has 0 radical (unpaired) electrons. The molecule has 0 aromatic rings. The van der Waals surface area contributed by atoms with E-state index in [1.165, 1.54) is 0 Å². The van der Waals surface area contributed by atoms with E-state index in [1.807, 2.05) is 4.90 Å². The van der Waals surface area contributed by atoms with Gasteiger partial charge in [0.2, 0.25) is 5.91 Å². The van der Waals surface area contributed by atoms with Crippen LogP contribution >= 0.6 is 0 Å². The number of likely N-dealkylation sites (tertiary alicyclic amines) is 2. The van der Waals surface area contributed by atoms with E-state index in [0.717, 1.165) is 45.0 Å². The van der Waals surface area contributed by atoms with Crippen molar-refractivity contribution in [1.29, 1.82) is 0 Å². The number of nitrogens with zero attached hydrogens (tertiary/aromatic N) is 3. The molecule has 5 heteroatoms. The van der Waals surface area contributed by atoms with Crippen LogP contribution in [-0.4, -0.2) is 59.9 Å². The van der Waals surface area contributed by atoms with Crippen LogP contribution in [0.15, 0.2) is 4.99 Å². The number of aliphatic imine (C=N–C) groups is 1. The fourth-order valence-electron chi connectivity index (χ4n) is 3.18. The van der Waals surface area contributed by atoms with Gasteiger partial charge in [0.1, 0.15) is 0 Å². The largest absolute Gasteiger partial charge is 0.356 e. The minimum Gasteiger partial charge on any atom is -0.356 e. The second-order valence-electron chi connectivity index (χ2n) is 7.60. The van der Waals surface area contributed by atoms with Crippen LogP contribution in [0.5, 0.6) is 0 Å². The number of carbonyl (C=O) groups is 1. The Balaban J connectivity index is 1.92. The highest BCUT2D eigenvalue weighted by molar-refractivity contribution is 5.82. The van der Waals surface area contributed by atoms with Crippen molar-refractivity contribution in [3.63, 3.8) is 0 Å². The van der Waals surface area contributed by atoms with Gasteiger partial charge in [-0.05, 0) is 33.6 Å². The summed E-state index contributed by atoms with van der Waals surface area (Å²) < 4.78 is 0. The molecule has 0 saturated carbocycles. The third-order valence-electron chi connectivity index (χ3n) is 5.52. The quantitative estimate of drug-likeness (QED) is 0.639. The zero-order valence-electron chi connectivity index (χ0n) is 14.9. The normalized spacial score (nSPS) is 23.4. The minimum atomic E-state index is 0.0902. The molecule has 0 aromatic heterocycles. The summed E-state index contributed by atoms with van der Waals surface area (Å²) in [6.07, 6.45) is 2.82. The number of rotatable bonds is 4. The molecule has 2 aliphatic heterocycles. The van der Waals surface area contributed by atoms with Gasteiger partial charge in [0.25, 0.3) is 0 Å². The van der Waals surface area contributed by atoms with Crippen molar-refractivity contribution >= 4 is 11.9 Å². The molecule has 126 valence electrons. The van der Waals surface area contributed by atoms with Crippen molar-refractivity contribution in [2.75, 3.05) is 32.7 Å². The van der Waals surface area contributed by atoms with Gasteiger partial charge in [-0.1, -0.05) is 13.8 Å². The highest BCUT2D eigenvalue weighted by Gasteiger charge is 2.53. The van der Waals surface area contributed by atoms with Crippen molar-refractivity contribution in [1.82, 2.24) is 15.1 Å². The van der Waals surface area contributed by atoms with Gasteiger partial charge in [-0.2, -0.15) is 0 Å². The number of hydrogen-bond acceptors (Lipinski definition) is 2. The van der Waals surface area contributed by atoms with E-state index in [9.17, 15) is 4.79 Å². The second-order valence-corrected chi connectivity index (χ2v) is 7.60. The topological polar surface area (TPSA) is 47.9 Å². The number of amides is 1. The Bertz CT molecular complexity index is 436. The predicted molar refractivity (Wildman–Crippen MR) is 91.0 cm³/mol. The van der Waals surface area contributed by atoms with Gasteiger partial charge < -0.3 is 15.1 Å². The van der Waals surface area contributed by atoms with Gasteiger partial charge in [0.05, 0.1) is 6.54 Å². The fourth-order valence-corrected chi connectivity index (χ4v) is 3.18. The Kier molecular flexibility index (Phi) is 5.03. The van der Waals surface area contributed by atoms with Crippen LogP contribution in [0, 0.1) is 5.41 Å². The average molecular weight is 308 g/mol. The molecule has 0 aliphatic carbocycles. The van der Waals surface area contributed by atoms with Crippen molar-refractivity contribution in [3.05, 3.63) is 0 Å². The maximum absolute atomic E-state index is 12.1. The molecular weight excluding hydrogens is 276 g/mol. The summed E-state index contributed by atoms with van der Waals surface area (Å²) in [5, 5.41) is 3.37. The summed E-state index contributed by atoms with van der Waals surface area (Å²) in [6.45, 7) is 15.5. The SMILES string of the molecule is CCNC(=NCCC(=O)N1CCCC1)N1CC(C)(C)C1(C)C. The summed E-state index contributed by atoms with van der Waals surface area (Å²) in [5.41, 5.74) is 0.377. The van der Waals surface area contributed by atoms with Crippen molar-refractivity contribution in [2.45, 2.75) is 59.4 Å². The first kappa shape index (κ1) is 17.1. The monoisotopic (exact) mass is 308 g/mol. The van der Waals surface area contributed by atoms with Gasteiger partial charge in [0, 0.05) is 43.6 Å². The molecule has 2 aliphatic rings. The van der Waals surface area contributed by atoms with Crippen molar-refractivity contribution in [3.8, 4) is 0 Å². The minimum absolute atomic E-state index is 0.0902. The van der Waals surface area contributed by atoms with Crippen molar-refractivity contribution in [2.24, 2.45) is 10.4 Å². The lowest BCUT2D eigenvalue weighted by Gasteiger charge is -2.62. The fraction of sp³-hybridized carbons (Fsp3) is 0.882. The first-order valence-electron chi connectivity index (χ1n) is 8.63. The predicted octanol–water partition coefficient (Wildman–Crippen LogP) is 2.08. The number of guanidine groups is 1. The molecule has 2 heterocycles. The average Bonchev–Trinajstić information content (AvgIpc) is 2.98. The summed E-state index contributed by atoms with van der Waals surface area (Å²) in [7, 11) is 0. The Morgan fingerprint density at radius 2 is 1.82 bits per heavy atom. The van der Waals surface area contributed by atoms with Gasteiger partial charge >= 0.3 is 0 Å². The summed E-state index contributed by atoms with van der Waals surface area (Å²) in [4.78, 5) is 21.1. The summed E-state index contributed by atoms with van der Waals surface area (Å²) in [6, 6.07) is 0. The van der Waals surface area contributed by atoms with E-state index < -0.39 is 0 Å². The van der Waals surface area contributed by atoms with E-state index in [4.69, 9.17) is 4.99 Å². The van der Waals surface area contributed by atoms with E-state index in [2.05, 4.69) is 44.8 Å². The second kappa shape index (κ2) is 6.47. The highest BCUT2D eigenvalue weighted by Crippen LogP contribution is 2.46. The van der Waals surface area contributed by atoms with Gasteiger partial charge in [0.15, 0.2) is 5.96 Å². The lowest BCUT2D eigenvalue weighted by atomic mass is 9.65. The molecule has 0 bridgehead atoms. The molecule has 1 N–H and O–H groups in total. The third-order valence-corrected chi connectivity index (χ3v) is 5.52. The highest BCUT2D eigenvalue weighted by atomic mass is 16.2. The number of hydrogen-bond donors (Lipinski definition) is 1. The van der Waals surface area contributed by atoms with Gasteiger partial charge in [-0.15, -0.1) is 0 Å². The molecule has 5 nitrogen and oxygen atoms in total. The Labute approximate surface area is 135 Å². The van der Waals surface area contributed by atoms with E-state index in [-0.39, 0.29) is 16.9 Å². The van der Waals surface area contributed by atoms with Crippen LogP contribution in [-0.2, 0) is 4.79 Å². The smallest absolute Gasteiger partial charge is 0.224 e. The van der Waals surface area contributed by atoms with E-state index >= 15 is 0 Å². The molecular formula is C17H32N4O. The first-order chi connectivity index (χ1) is 10.3. The zero-order valence-corrected chi connectivity index (χ0v) is 14.9. The number of carbonyl (C=O) groups excluding carboxylic acids is 1. The molecule has 0 aromatic carbocycles. The van der Waals surface area contributed by atoms with Crippen LogP contribution in [0.1, 0.15) is 53.9 Å². The molecule has 0 atom stereocenters. The Morgan fingerprint density at radius 1 is 1.18 bits per heavy atom. The van der Waals surface area contributed by atoms with E-state index in [0.29, 0.717) is 13.0 Å². The molecule has 2 rings (SSSR count). The molecule has 2 saturated heterocycles. The molecule has 0 unspecified atom stereocenters. The number of nitrogens with one attached hydrogen (secondary N) is 1. The van der Waals surface area contributed by atoms with Crippen LogP contribution in [0.2, 0.25) is 0 Å². The lowest BCUT2D eigenvalue weighted by molar-refractivity contribution is -0.129. The van der Waals surface area contributed by atoms with Crippen LogP contribution in [0.3, 0.4) is 0 Å². The third kappa shape index (κ3) is 3.23. The molecule has 1 amide bonds. The van der Waals surface area contributed by atoms with Crippen LogP contribution < -0.4 is 5.32 Å². The molecule has 2 fully saturated rings. The Morgan fingerprint density at radius 3 is 2.32 bits per heavy atom.